The first-order valence-electron chi connectivity index (χ1n) is 8.36. The molecular weight excluding hydrogens is 260 g/mol. The van der Waals surface area contributed by atoms with Crippen LogP contribution >= 0.6 is 0 Å². The van der Waals surface area contributed by atoms with Crippen LogP contribution in [0.15, 0.2) is 35.9 Å². The highest BCUT2D eigenvalue weighted by molar-refractivity contribution is 5.53. The zero-order valence-corrected chi connectivity index (χ0v) is 13.2. The van der Waals surface area contributed by atoms with E-state index in [-0.39, 0.29) is 6.29 Å². The van der Waals surface area contributed by atoms with Crippen molar-refractivity contribution in [2.45, 2.75) is 58.2 Å². The zero-order valence-electron chi connectivity index (χ0n) is 13.2. The van der Waals surface area contributed by atoms with Crippen molar-refractivity contribution in [1.82, 2.24) is 0 Å². The van der Waals surface area contributed by atoms with Crippen molar-refractivity contribution in [3.63, 3.8) is 0 Å². The first-order valence-corrected chi connectivity index (χ1v) is 8.36. The molecule has 21 heavy (non-hydrogen) atoms. The molecule has 0 radical (unpaired) electrons. The van der Waals surface area contributed by atoms with E-state index in [1.54, 1.807) is 0 Å². The Morgan fingerprint density at radius 3 is 2.67 bits per heavy atom. The summed E-state index contributed by atoms with van der Waals surface area (Å²) in [5.41, 5.74) is 2.57. The summed E-state index contributed by atoms with van der Waals surface area (Å²) in [6, 6.07) is 10.4. The van der Waals surface area contributed by atoms with Gasteiger partial charge >= 0.3 is 0 Å². The fourth-order valence-electron chi connectivity index (χ4n) is 2.62. The number of rotatable bonds is 9. The number of ether oxygens (including phenoxy) is 2. The summed E-state index contributed by atoms with van der Waals surface area (Å²) in [5, 5.41) is 0. The maximum atomic E-state index is 5.81. The van der Waals surface area contributed by atoms with Crippen LogP contribution in [0.1, 0.15) is 57.4 Å². The molecule has 1 aliphatic rings. The van der Waals surface area contributed by atoms with Crippen molar-refractivity contribution in [3.8, 4) is 0 Å². The highest BCUT2D eigenvalue weighted by atomic mass is 16.7. The van der Waals surface area contributed by atoms with Gasteiger partial charge in [0.25, 0.3) is 0 Å². The summed E-state index contributed by atoms with van der Waals surface area (Å²) in [6.45, 7) is 3.78. The van der Waals surface area contributed by atoms with E-state index in [0.717, 1.165) is 19.4 Å². The maximum absolute atomic E-state index is 5.81. The van der Waals surface area contributed by atoms with Crippen molar-refractivity contribution >= 4 is 6.08 Å². The molecular formula is C19H28O2. The molecule has 0 saturated carbocycles. The Morgan fingerprint density at radius 2 is 1.86 bits per heavy atom. The second-order valence-electron chi connectivity index (χ2n) is 5.80. The Kier molecular flexibility index (Phi) is 7.55. The molecule has 0 N–H and O–H groups in total. The van der Waals surface area contributed by atoms with E-state index in [9.17, 15) is 0 Å². The molecule has 116 valence electrons. The van der Waals surface area contributed by atoms with E-state index in [1.165, 1.54) is 43.2 Å². The lowest BCUT2D eigenvalue weighted by molar-refractivity contribution is -0.111. The molecule has 0 unspecified atom stereocenters. The van der Waals surface area contributed by atoms with Crippen LogP contribution < -0.4 is 0 Å². The fraction of sp³-hybridized carbons (Fsp3) is 0.579. The van der Waals surface area contributed by atoms with Crippen molar-refractivity contribution in [2.75, 3.05) is 13.2 Å². The van der Waals surface area contributed by atoms with Gasteiger partial charge in [0.1, 0.15) is 0 Å². The molecule has 1 aromatic rings. The lowest BCUT2D eigenvalue weighted by Crippen LogP contribution is -2.11. The molecule has 1 aromatic carbocycles. The van der Waals surface area contributed by atoms with Gasteiger partial charge in [0.05, 0.1) is 6.61 Å². The second-order valence-corrected chi connectivity index (χ2v) is 5.80. The number of benzene rings is 1. The average molecular weight is 288 g/mol. The lowest BCUT2D eigenvalue weighted by atomic mass is 10.1. The van der Waals surface area contributed by atoms with Gasteiger partial charge in [-0.05, 0) is 17.6 Å². The minimum Gasteiger partial charge on any atom is -0.352 e. The highest BCUT2D eigenvalue weighted by Crippen LogP contribution is 2.22. The standard InChI is InChI=1S/C19H28O2/c1-2-3-4-5-6-10-13-20-19-15-18(16-21-19)14-17-11-8-7-9-12-17/h7-9,11-12,14,19H,2-6,10,13,15-16H2,1H3/b18-14-/t19-/m1/s1. The van der Waals surface area contributed by atoms with E-state index in [4.69, 9.17) is 9.47 Å². The summed E-state index contributed by atoms with van der Waals surface area (Å²) >= 11 is 0. The smallest absolute Gasteiger partial charge is 0.161 e. The van der Waals surface area contributed by atoms with Crippen LogP contribution in [0.5, 0.6) is 0 Å². The summed E-state index contributed by atoms with van der Waals surface area (Å²) in [6.07, 6.45) is 10.9. The summed E-state index contributed by atoms with van der Waals surface area (Å²) in [7, 11) is 0. The van der Waals surface area contributed by atoms with Crippen LogP contribution in [0.3, 0.4) is 0 Å². The quantitative estimate of drug-likeness (QED) is 0.582. The molecule has 1 heterocycles. The largest absolute Gasteiger partial charge is 0.352 e. The Hall–Kier alpha value is -1.12. The van der Waals surface area contributed by atoms with Crippen molar-refractivity contribution < 1.29 is 9.47 Å². The molecule has 0 spiro atoms. The Morgan fingerprint density at radius 1 is 1.10 bits per heavy atom. The third kappa shape index (κ3) is 6.45. The number of unbranched alkanes of at least 4 members (excludes halogenated alkanes) is 5. The molecule has 0 aliphatic carbocycles. The number of hydrogen-bond acceptors (Lipinski definition) is 2. The normalized spacial score (nSPS) is 20.2. The Bertz CT molecular complexity index is 411. The SMILES string of the molecule is CCCCCCCCO[C@H]1C/C(=C/c2ccccc2)CO1. The molecule has 0 amide bonds. The van der Waals surface area contributed by atoms with Crippen LogP contribution in [-0.2, 0) is 9.47 Å². The van der Waals surface area contributed by atoms with Crippen LogP contribution in [0.25, 0.3) is 6.08 Å². The van der Waals surface area contributed by atoms with Crippen LogP contribution in [-0.4, -0.2) is 19.5 Å². The first-order chi connectivity index (χ1) is 10.4. The topological polar surface area (TPSA) is 18.5 Å². The molecule has 0 bridgehead atoms. The van der Waals surface area contributed by atoms with Gasteiger partial charge in [-0.25, -0.2) is 0 Å². The van der Waals surface area contributed by atoms with Crippen LogP contribution in [0.4, 0.5) is 0 Å². The van der Waals surface area contributed by atoms with Crippen LogP contribution in [0.2, 0.25) is 0 Å². The molecule has 2 rings (SSSR count). The van der Waals surface area contributed by atoms with Gasteiger partial charge in [0.2, 0.25) is 0 Å². The third-order valence-electron chi connectivity index (χ3n) is 3.86. The van der Waals surface area contributed by atoms with E-state index in [1.807, 2.05) is 6.07 Å². The lowest BCUT2D eigenvalue weighted by Gasteiger charge is -2.10. The number of hydrogen-bond donors (Lipinski definition) is 0. The third-order valence-corrected chi connectivity index (χ3v) is 3.86. The highest BCUT2D eigenvalue weighted by Gasteiger charge is 2.20. The average Bonchev–Trinajstić information content (AvgIpc) is 2.95. The Balaban J connectivity index is 1.59. The monoisotopic (exact) mass is 288 g/mol. The second kappa shape index (κ2) is 9.75. The van der Waals surface area contributed by atoms with Gasteiger partial charge in [0, 0.05) is 13.0 Å². The summed E-state index contributed by atoms with van der Waals surface area (Å²) in [5.74, 6) is 0. The van der Waals surface area contributed by atoms with Gasteiger partial charge < -0.3 is 9.47 Å². The van der Waals surface area contributed by atoms with Gasteiger partial charge in [-0.3, -0.25) is 0 Å². The fourth-order valence-corrected chi connectivity index (χ4v) is 2.62. The molecule has 1 atom stereocenters. The van der Waals surface area contributed by atoms with Gasteiger partial charge in [-0.2, -0.15) is 0 Å². The van der Waals surface area contributed by atoms with E-state index >= 15 is 0 Å². The van der Waals surface area contributed by atoms with Crippen molar-refractivity contribution in [2.24, 2.45) is 0 Å². The molecule has 1 saturated heterocycles. The predicted octanol–water partition coefficient (Wildman–Crippen LogP) is 5.19. The predicted molar refractivity (Wildman–Crippen MR) is 88.1 cm³/mol. The maximum Gasteiger partial charge on any atom is 0.161 e. The van der Waals surface area contributed by atoms with Crippen molar-refractivity contribution in [3.05, 3.63) is 41.5 Å². The molecule has 1 fully saturated rings. The summed E-state index contributed by atoms with van der Waals surface area (Å²) < 4.78 is 11.5. The minimum atomic E-state index is -0.0318. The van der Waals surface area contributed by atoms with E-state index in [0.29, 0.717) is 6.61 Å². The van der Waals surface area contributed by atoms with Gasteiger partial charge in [0.15, 0.2) is 6.29 Å². The summed E-state index contributed by atoms with van der Waals surface area (Å²) in [4.78, 5) is 0. The van der Waals surface area contributed by atoms with E-state index in [2.05, 4.69) is 37.3 Å². The Labute approximate surface area is 129 Å². The van der Waals surface area contributed by atoms with Gasteiger partial charge in [-0.15, -0.1) is 0 Å². The molecule has 0 aromatic heterocycles. The molecule has 1 aliphatic heterocycles. The van der Waals surface area contributed by atoms with Crippen LogP contribution in [0, 0.1) is 0 Å². The molecule has 2 heteroatoms. The minimum absolute atomic E-state index is 0.0318. The van der Waals surface area contributed by atoms with E-state index < -0.39 is 0 Å². The first kappa shape index (κ1) is 16.3. The van der Waals surface area contributed by atoms with Crippen molar-refractivity contribution in [1.29, 1.82) is 0 Å². The zero-order chi connectivity index (χ0) is 14.8. The molecule has 2 nitrogen and oxygen atoms in total. The van der Waals surface area contributed by atoms with Gasteiger partial charge in [-0.1, -0.05) is 75.4 Å².